The van der Waals surface area contributed by atoms with Crippen molar-refractivity contribution in [3.63, 3.8) is 0 Å². The van der Waals surface area contributed by atoms with Crippen molar-refractivity contribution in [2.45, 2.75) is 25.8 Å². The van der Waals surface area contributed by atoms with Crippen LogP contribution in [0.3, 0.4) is 0 Å². The van der Waals surface area contributed by atoms with Crippen molar-refractivity contribution in [2.75, 3.05) is 13.1 Å². The second kappa shape index (κ2) is 5.07. The first-order chi connectivity index (χ1) is 7.75. The summed E-state index contributed by atoms with van der Waals surface area (Å²) in [5.74, 6) is -0.0371. The molecule has 1 aromatic heterocycles. The zero-order valence-electron chi connectivity index (χ0n) is 9.49. The van der Waals surface area contributed by atoms with Crippen LogP contribution in [-0.2, 0) is 0 Å². The molecule has 0 spiro atoms. The molecule has 1 saturated heterocycles. The second-order valence-electron chi connectivity index (χ2n) is 4.25. The van der Waals surface area contributed by atoms with Gasteiger partial charge >= 0.3 is 0 Å². The van der Waals surface area contributed by atoms with Crippen molar-refractivity contribution in [3.8, 4) is 0 Å². The number of nitrogens with zero attached hydrogens (tertiary/aromatic N) is 1. The minimum Gasteiger partial charge on any atom is -0.350 e. The molecule has 1 aliphatic heterocycles. The van der Waals surface area contributed by atoms with Crippen LogP contribution in [0.1, 0.15) is 28.8 Å². The van der Waals surface area contributed by atoms with Crippen LogP contribution in [0.4, 0.5) is 0 Å². The molecule has 1 fully saturated rings. The van der Waals surface area contributed by atoms with E-state index < -0.39 is 0 Å². The Morgan fingerprint density at radius 2 is 2.50 bits per heavy atom. The van der Waals surface area contributed by atoms with Gasteiger partial charge in [-0.25, -0.2) is 0 Å². The predicted octanol–water partition coefficient (Wildman–Crippen LogP) is 0.872. The number of hydrogen-bond donors (Lipinski definition) is 2. The number of nitrogens with one attached hydrogen (secondary N) is 2. The standard InChI is InChI=1S/C12H17N3O/c1-9-5-10(7-13-6-9)12(16)15-8-11-3-2-4-14-11/h5-7,11,14H,2-4,8H2,1H3,(H,15,16). The first-order valence-corrected chi connectivity index (χ1v) is 5.69. The number of aryl methyl sites for hydroxylation is 1. The van der Waals surface area contributed by atoms with Gasteiger partial charge in [-0.15, -0.1) is 0 Å². The van der Waals surface area contributed by atoms with Crippen LogP contribution in [0, 0.1) is 6.92 Å². The number of aromatic nitrogens is 1. The Kier molecular flexibility index (Phi) is 3.51. The highest BCUT2D eigenvalue weighted by atomic mass is 16.1. The minimum absolute atomic E-state index is 0.0371. The van der Waals surface area contributed by atoms with Crippen LogP contribution < -0.4 is 10.6 Å². The number of hydrogen-bond acceptors (Lipinski definition) is 3. The number of amides is 1. The molecule has 2 heterocycles. The molecule has 0 aliphatic carbocycles. The van der Waals surface area contributed by atoms with Gasteiger partial charge in [-0.05, 0) is 37.9 Å². The smallest absolute Gasteiger partial charge is 0.252 e. The summed E-state index contributed by atoms with van der Waals surface area (Å²) < 4.78 is 0. The average Bonchev–Trinajstić information content (AvgIpc) is 2.78. The average molecular weight is 219 g/mol. The van der Waals surface area contributed by atoms with E-state index in [9.17, 15) is 4.79 Å². The molecular weight excluding hydrogens is 202 g/mol. The zero-order chi connectivity index (χ0) is 11.4. The maximum atomic E-state index is 11.8. The topological polar surface area (TPSA) is 54.0 Å². The molecule has 2 rings (SSSR count). The summed E-state index contributed by atoms with van der Waals surface area (Å²) in [5.41, 5.74) is 1.64. The van der Waals surface area contributed by atoms with Crippen LogP contribution in [0.25, 0.3) is 0 Å². The molecule has 0 bridgehead atoms. The third-order valence-electron chi connectivity index (χ3n) is 2.81. The van der Waals surface area contributed by atoms with Crippen LogP contribution >= 0.6 is 0 Å². The van der Waals surface area contributed by atoms with Gasteiger partial charge in [0.25, 0.3) is 5.91 Å². The number of pyridine rings is 1. The van der Waals surface area contributed by atoms with Gasteiger partial charge in [-0.2, -0.15) is 0 Å². The first-order valence-electron chi connectivity index (χ1n) is 5.69. The molecule has 1 aliphatic rings. The predicted molar refractivity (Wildman–Crippen MR) is 62.3 cm³/mol. The molecule has 0 aromatic carbocycles. The van der Waals surface area contributed by atoms with E-state index in [4.69, 9.17) is 0 Å². The van der Waals surface area contributed by atoms with Gasteiger partial charge in [-0.3, -0.25) is 9.78 Å². The van der Waals surface area contributed by atoms with Crippen molar-refractivity contribution in [1.82, 2.24) is 15.6 Å². The summed E-state index contributed by atoms with van der Waals surface area (Å²) in [7, 11) is 0. The molecule has 1 aromatic rings. The molecule has 4 heteroatoms. The van der Waals surface area contributed by atoms with Crippen LogP contribution in [-0.4, -0.2) is 30.0 Å². The summed E-state index contributed by atoms with van der Waals surface area (Å²) in [6.45, 7) is 3.70. The zero-order valence-corrected chi connectivity index (χ0v) is 9.49. The lowest BCUT2D eigenvalue weighted by Gasteiger charge is -2.11. The summed E-state index contributed by atoms with van der Waals surface area (Å²) >= 11 is 0. The Hall–Kier alpha value is -1.42. The second-order valence-corrected chi connectivity index (χ2v) is 4.25. The molecule has 86 valence electrons. The van der Waals surface area contributed by atoms with Gasteiger partial charge in [0, 0.05) is 25.0 Å². The molecule has 0 saturated carbocycles. The molecule has 1 amide bonds. The third-order valence-corrected chi connectivity index (χ3v) is 2.81. The molecule has 4 nitrogen and oxygen atoms in total. The summed E-state index contributed by atoms with van der Waals surface area (Å²) in [5, 5.41) is 6.27. The number of carbonyl (C=O) groups excluding carboxylic acids is 1. The Bertz CT molecular complexity index is 372. The lowest BCUT2D eigenvalue weighted by atomic mass is 10.2. The van der Waals surface area contributed by atoms with Gasteiger partial charge in [0.15, 0.2) is 0 Å². The highest BCUT2D eigenvalue weighted by Crippen LogP contribution is 2.04. The van der Waals surface area contributed by atoms with E-state index >= 15 is 0 Å². The van der Waals surface area contributed by atoms with Gasteiger partial charge in [-0.1, -0.05) is 0 Å². The van der Waals surface area contributed by atoms with E-state index in [2.05, 4.69) is 15.6 Å². The van der Waals surface area contributed by atoms with Crippen molar-refractivity contribution in [2.24, 2.45) is 0 Å². The van der Waals surface area contributed by atoms with E-state index in [0.717, 1.165) is 18.5 Å². The molecular formula is C12H17N3O. The third kappa shape index (κ3) is 2.79. The van der Waals surface area contributed by atoms with Crippen molar-refractivity contribution >= 4 is 5.91 Å². The molecule has 0 radical (unpaired) electrons. The monoisotopic (exact) mass is 219 g/mol. The number of rotatable bonds is 3. The lowest BCUT2D eigenvalue weighted by molar-refractivity contribution is 0.0950. The van der Waals surface area contributed by atoms with Gasteiger partial charge in [0.05, 0.1) is 5.56 Å². The lowest BCUT2D eigenvalue weighted by Crippen LogP contribution is -2.37. The van der Waals surface area contributed by atoms with Crippen molar-refractivity contribution < 1.29 is 4.79 Å². The molecule has 16 heavy (non-hydrogen) atoms. The fraction of sp³-hybridized carbons (Fsp3) is 0.500. The van der Waals surface area contributed by atoms with Crippen LogP contribution in [0.15, 0.2) is 18.5 Å². The normalized spacial score (nSPS) is 19.7. The summed E-state index contributed by atoms with van der Waals surface area (Å²) in [4.78, 5) is 15.8. The van der Waals surface area contributed by atoms with E-state index in [0.29, 0.717) is 18.2 Å². The Morgan fingerprint density at radius 1 is 1.62 bits per heavy atom. The highest BCUT2D eigenvalue weighted by Gasteiger charge is 2.15. The summed E-state index contributed by atoms with van der Waals surface area (Å²) in [6, 6.07) is 2.28. The van der Waals surface area contributed by atoms with Gasteiger partial charge < -0.3 is 10.6 Å². The quantitative estimate of drug-likeness (QED) is 0.793. The number of carbonyl (C=O) groups is 1. The maximum absolute atomic E-state index is 11.8. The fourth-order valence-electron chi connectivity index (χ4n) is 1.93. The van der Waals surface area contributed by atoms with Crippen LogP contribution in [0.5, 0.6) is 0 Å². The minimum atomic E-state index is -0.0371. The first kappa shape index (κ1) is 11.1. The maximum Gasteiger partial charge on any atom is 0.252 e. The van der Waals surface area contributed by atoms with Crippen molar-refractivity contribution in [3.05, 3.63) is 29.6 Å². The molecule has 1 unspecified atom stereocenters. The van der Waals surface area contributed by atoms with Gasteiger partial charge in [0.1, 0.15) is 0 Å². The Balaban J connectivity index is 1.87. The van der Waals surface area contributed by atoms with Crippen LogP contribution in [0.2, 0.25) is 0 Å². The van der Waals surface area contributed by atoms with Crippen molar-refractivity contribution in [1.29, 1.82) is 0 Å². The molecule has 2 N–H and O–H groups in total. The molecule has 1 atom stereocenters. The van der Waals surface area contributed by atoms with Gasteiger partial charge in [0.2, 0.25) is 0 Å². The van der Waals surface area contributed by atoms with E-state index in [1.807, 2.05) is 13.0 Å². The SMILES string of the molecule is Cc1cncc(C(=O)NCC2CCCN2)c1. The fourth-order valence-corrected chi connectivity index (χ4v) is 1.93. The van der Waals surface area contributed by atoms with E-state index in [1.54, 1.807) is 12.4 Å². The largest absolute Gasteiger partial charge is 0.350 e. The highest BCUT2D eigenvalue weighted by molar-refractivity contribution is 5.94. The van der Waals surface area contributed by atoms with E-state index in [1.165, 1.54) is 6.42 Å². The van der Waals surface area contributed by atoms with E-state index in [-0.39, 0.29) is 5.91 Å². The Labute approximate surface area is 95.5 Å². The Morgan fingerprint density at radius 3 is 3.19 bits per heavy atom. The summed E-state index contributed by atoms with van der Waals surface area (Å²) in [6.07, 6.45) is 5.69.